The van der Waals surface area contributed by atoms with Crippen molar-refractivity contribution in [2.75, 3.05) is 0 Å². The topological polar surface area (TPSA) is 64.7 Å². The molecule has 2 heterocycles. The molecule has 0 saturated carbocycles. The van der Waals surface area contributed by atoms with Crippen molar-refractivity contribution in [3.05, 3.63) is 15.7 Å². The maximum absolute atomic E-state index is 5.48. The van der Waals surface area contributed by atoms with E-state index in [1.165, 1.54) is 11.3 Å². The smallest absolute Gasteiger partial charge is 0.159 e. The number of aryl methyl sites for hydroxylation is 2. The lowest BCUT2D eigenvalue weighted by Gasteiger charge is -1.87. The van der Waals surface area contributed by atoms with E-state index in [9.17, 15) is 0 Å². The molecule has 0 saturated heterocycles. The lowest BCUT2D eigenvalue weighted by molar-refractivity contribution is 0.960. The van der Waals surface area contributed by atoms with E-state index in [1.807, 2.05) is 13.8 Å². The third-order valence-electron chi connectivity index (χ3n) is 1.74. The summed E-state index contributed by atoms with van der Waals surface area (Å²) in [5, 5.41) is 10.9. The molecule has 4 nitrogen and oxygen atoms in total. The molecule has 6 heteroatoms. The normalized spacial score (nSPS) is 10.8. The second-order valence-corrected chi connectivity index (χ2v) is 5.12. The van der Waals surface area contributed by atoms with Gasteiger partial charge < -0.3 is 5.73 Å². The van der Waals surface area contributed by atoms with Crippen LogP contribution in [0.3, 0.4) is 0 Å². The highest BCUT2D eigenvalue weighted by Crippen LogP contribution is 2.31. The van der Waals surface area contributed by atoms with E-state index >= 15 is 0 Å². The molecule has 0 radical (unpaired) electrons. The lowest BCUT2D eigenvalue weighted by atomic mass is 10.4. The molecule has 0 aromatic carbocycles. The molecular weight excluding hydrogens is 216 g/mol. The second-order valence-electron chi connectivity index (χ2n) is 2.85. The molecule has 2 aromatic rings. The van der Waals surface area contributed by atoms with Crippen molar-refractivity contribution in [1.29, 1.82) is 0 Å². The highest BCUT2D eigenvalue weighted by atomic mass is 32.1. The van der Waals surface area contributed by atoms with E-state index in [2.05, 4.69) is 15.2 Å². The van der Waals surface area contributed by atoms with Crippen LogP contribution in [-0.4, -0.2) is 15.2 Å². The maximum atomic E-state index is 5.48. The zero-order chi connectivity index (χ0) is 10.1. The summed E-state index contributed by atoms with van der Waals surface area (Å²) in [6, 6.07) is 0. The number of hydrogen-bond donors (Lipinski definition) is 1. The van der Waals surface area contributed by atoms with E-state index in [1.54, 1.807) is 11.3 Å². The van der Waals surface area contributed by atoms with Crippen LogP contribution in [0.4, 0.5) is 0 Å². The Hall–Kier alpha value is -0.850. The molecule has 74 valence electrons. The number of thiazole rings is 1. The maximum Gasteiger partial charge on any atom is 0.159 e. The van der Waals surface area contributed by atoms with Crippen LogP contribution in [-0.2, 0) is 6.54 Å². The number of nitrogens with two attached hydrogens (primary N) is 1. The van der Waals surface area contributed by atoms with Crippen molar-refractivity contribution in [2.24, 2.45) is 5.73 Å². The Morgan fingerprint density at radius 2 is 2.00 bits per heavy atom. The van der Waals surface area contributed by atoms with Crippen molar-refractivity contribution in [1.82, 2.24) is 15.2 Å². The molecule has 2 aromatic heterocycles. The van der Waals surface area contributed by atoms with Crippen molar-refractivity contribution in [3.8, 4) is 9.88 Å². The summed E-state index contributed by atoms with van der Waals surface area (Å²) in [6.45, 7) is 4.43. The third-order valence-corrected chi connectivity index (χ3v) is 3.91. The molecule has 0 fully saturated rings. The van der Waals surface area contributed by atoms with Crippen LogP contribution < -0.4 is 5.73 Å². The molecule has 0 atom stereocenters. The van der Waals surface area contributed by atoms with Gasteiger partial charge in [0.1, 0.15) is 5.01 Å². The van der Waals surface area contributed by atoms with Gasteiger partial charge in [-0.05, 0) is 13.8 Å². The van der Waals surface area contributed by atoms with E-state index in [-0.39, 0.29) is 0 Å². The first-order valence-corrected chi connectivity index (χ1v) is 5.81. The quantitative estimate of drug-likeness (QED) is 0.847. The largest absolute Gasteiger partial charge is 0.324 e. The van der Waals surface area contributed by atoms with Crippen LogP contribution in [0.25, 0.3) is 9.88 Å². The van der Waals surface area contributed by atoms with Crippen molar-refractivity contribution >= 4 is 22.7 Å². The summed E-state index contributed by atoms with van der Waals surface area (Å²) in [5.74, 6) is 0. The minimum Gasteiger partial charge on any atom is -0.324 e. The Morgan fingerprint density at radius 3 is 2.50 bits per heavy atom. The SMILES string of the molecule is Cc1nc(C)c(-c2nnc(CN)s2)s1. The standard InChI is InChI=1S/C8H10N4S2/c1-4-7(13-5(2)10-4)8-12-11-6(3-9)14-8/h3,9H2,1-2H3. The van der Waals surface area contributed by atoms with Crippen molar-refractivity contribution < 1.29 is 0 Å². The second kappa shape index (κ2) is 3.72. The van der Waals surface area contributed by atoms with Gasteiger partial charge in [-0.25, -0.2) is 4.98 Å². The molecule has 0 unspecified atom stereocenters. The Kier molecular flexibility index (Phi) is 2.58. The van der Waals surface area contributed by atoms with Crippen LogP contribution >= 0.6 is 22.7 Å². The molecule has 0 amide bonds. The summed E-state index contributed by atoms with van der Waals surface area (Å²) >= 11 is 3.18. The minimum absolute atomic E-state index is 0.453. The fourth-order valence-electron chi connectivity index (χ4n) is 1.16. The molecule has 2 N–H and O–H groups in total. The van der Waals surface area contributed by atoms with E-state index in [4.69, 9.17) is 5.73 Å². The fraction of sp³-hybridized carbons (Fsp3) is 0.375. The van der Waals surface area contributed by atoms with Crippen LogP contribution in [0.1, 0.15) is 15.7 Å². The van der Waals surface area contributed by atoms with Gasteiger partial charge in [-0.2, -0.15) is 0 Å². The first kappa shape index (κ1) is 9.70. The molecule has 2 rings (SSSR count). The Morgan fingerprint density at radius 1 is 1.21 bits per heavy atom. The van der Waals surface area contributed by atoms with Gasteiger partial charge in [0, 0.05) is 6.54 Å². The molecule has 0 aliphatic heterocycles. The first-order chi connectivity index (χ1) is 6.70. The van der Waals surface area contributed by atoms with Gasteiger partial charge in [-0.1, -0.05) is 11.3 Å². The van der Waals surface area contributed by atoms with Crippen molar-refractivity contribution in [2.45, 2.75) is 20.4 Å². The summed E-state index contributed by atoms with van der Waals surface area (Å²) in [6.07, 6.45) is 0. The van der Waals surface area contributed by atoms with E-state index in [0.29, 0.717) is 6.54 Å². The number of hydrogen-bond acceptors (Lipinski definition) is 6. The summed E-state index contributed by atoms with van der Waals surface area (Å²) in [5.41, 5.74) is 6.50. The number of aromatic nitrogens is 3. The molecule has 14 heavy (non-hydrogen) atoms. The van der Waals surface area contributed by atoms with Gasteiger partial charge in [0.25, 0.3) is 0 Å². The zero-order valence-electron chi connectivity index (χ0n) is 7.94. The Balaban J connectivity index is 2.43. The van der Waals surface area contributed by atoms with Crippen LogP contribution in [0.15, 0.2) is 0 Å². The third kappa shape index (κ3) is 1.68. The Labute approximate surface area is 89.8 Å². The zero-order valence-corrected chi connectivity index (χ0v) is 9.58. The van der Waals surface area contributed by atoms with Crippen LogP contribution in [0, 0.1) is 13.8 Å². The summed E-state index contributed by atoms with van der Waals surface area (Å²) < 4.78 is 0. The molecule has 0 bridgehead atoms. The molecular formula is C8H10N4S2. The first-order valence-electron chi connectivity index (χ1n) is 4.17. The van der Waals surface area contributed by atoms with Gasteiger partial charge >= 0.3 is 0 Å². The van der Waals surface area contributed by atoms with Gasteiger partial charge in [0.2, 0.25) is 0 Å². The van der Waals surface area contributed by atoms with Gasteiger partial charge in [0.05, 0.1) is 15.6 Å². The average molecular weight is 226 g/mol. The monoisotopic (exact) mass is 226 g/mol. The molecule has 0 aliphatic carbocycles. The predicted molar refractivity (Wildman–Crippen MR) is 58.4 cm³/mol. The number of nitrogens with zero attached hydrogens (tertiary/aromatic N) is 3. The van der Waals surface area contributed by atoms with Gasteiger partial charge in [0.15, 0.2) is 5.01 Å². The predicted octanol–water partition coefficient (Wildman–Crippen LogP) is 1.74. The Bertz CT molecular complexity index is 446. The highest BCUT2D eigenvalue weighted by molar-refractivity contribution is 7.21. The minimum atomic E-state index is 0.453. The summed E-state index contributed by atoms with van der Waals surface area (Å²) in [7, 11) is 0. The fourth-order valence-corrected chi connectivity index (χ4v) is 2.92. The van der Waals surface area contributed by atoms with Crippen molar-refractivity contribution in [3.63, 3.8) is 0 Å². The van der Waals surface area contributed by atoms with Gasteiger partial charge in [-0.3, -0.25) is 0 Å². The van der Waals surface area contributed by atoms with E-state index < -0.39 is 0 Å². The summed E-state index contributed by atoms with van der Waals surface area (Å²) in [4.78, 5) is 5.46. The highest BCUT2D eigenvalue weighted by Gasteiger charge is 2.12. The van der Waals surface area contributed by atoms with Crippen LogP contribution in [0.2, 0.25) is 0 Å². The average Bonchev–Trinajstić information content (AvgIpc) is 2.71. The molecule has 0 spiro atoms. The van der Waals surface area contributed by atoms with E-state index in [0.717, 1.165) is 25.6 Å². The number of rotatable bonds is 2. The molecule has 0 aliphatic rings. The lowest BCUT2D eigenvalue weighted by Crippen LogP contribution is -1.94. The van der Waals surface area contributed by atoms with Gasteiger partial charge in [-0.15, -0.1) is 21.5 Å². The van der Waals surface area contributed by atoms with Crippen LogP contribution in [0.5, 0.6) is 0 Å².